The summed E-state index contributed by atoms with van der Waals surface area (Å²) in [5.41, 5.74) is 16.6. The van der Waals surface area contributed by atoms with Gasteiger partial charge in [0.25, 0.3) is 0 Å². The van der Waals surface area contributed by atoms with Crippen LogP contribution in [-0.4, -0.2) is 19.1 Å². The Morgan fingerprint density at radius 3 is 1.27 bits per heavy atom. The summed E-state index contributed by atoms with van der Waals surface area (Å²) in [6.07, 6.45) is 0. The highest BCUT2D eigenvalue weighted by atomic mass is 15.0. The lowest BCUT2D eigenvalue weighted by Crippen LogP contribution is -1.96. The predicted molar refractivity (Wildman–Crippen MR) is 277 cm³/mol. The van der Waals surface area contributed by atoms with Crippen molar-refractivity contribution < 1.29 is 0 Å². The van der Waals surface area contributed by atoms with Crippen molar-refractivity contribution in [3.63, 3.8) is 0 Å². The molecule has 12 aromatic rings. The molecule has 3 heterocycles. The van der Waals surface area contributed by atoms with E-state index in [-0.39, 0.29) is 0 Å². The van der Waals surface area contributed by atoms with E-state index in [0.29, 0.717) is 33.8 Å². The third-order valence-corrected chi connectivity index (χ3v) is 13.1. The van der Waals surface area contributed by atoms with Gasteiger partial charge in [-0.25, -0.2) is 9.97 Å². The second-order valence-electron chi connectivity index (χ2n) is 17.1. The number of hydrogen-bond donors (Lipinski definition) is 0. The van der Waals surface area contributed by atoms with Crippen molar-refractivity contribution in [3.8, 4) is 91.8 Å². The van der Waals surface area contributed by atoms with Gasteiger partial charge in [-0.2, -0.15) is 21.0 Å². The number of benzene rings is 9. The summed E-state index contributed by atoms with van der Waals surface area (Å²) in [5.74, 6) is 0.496. The molecule has 0 atom stereocenters. The van der Waals surface area contributed by atoms with Crippen molar-refractivity contribution in [1.29, 1.82) is 21.0 Å². The van der Waals surface area contributed by atoms with Crippen LogP contribution in [0, 0.1) is 45.3 Å². The van der Waals surface area contributed by atoms with E-state index in [0.717, 1.165) is 99.6 Å². The Kier molecular flexibility index (Phi) is 9.86. The normalized spacial score (nSPS) is 11.1. The Labute approximate surface area is 402 Å². The number of rotatable bonds is 7. The molecule has 322 valence electrons. The van der Waals surface area contributed by atoms with Gasteiger partial charge < -0.3 is 9.13 Å². The van der Waals surface area contributed by atoms with Crippen LogP contribution < -0.4 is 0 Å². The molecular formula is C62H34N8. The molecule has 70 heavy (non-hydrogen) atoms. The van der Waals surface area contributed by atoms with Crippen molar-refractivity contribution >= 4 is 43.6 Å². The van der Waals surface area contributed by atoms with Gasteiger partial charge in [-0.15, -0.1) is 0 Å². The quantitative estimate of drug-likeness (QED) is 0.157. The lowest BCUT2D eigenvalue weighted by Gasteiger charge is -2.12. The van der Waals surface area contributed by atoms with E-state index < -0.39 is 0 Å². The molecule has 9 aromatic carbocycles. The van der Waals surface area contributed by atoms with E-state index in [1.807, 2.05) is 72.8 Å². The van der Waals surface area contributed by atoms with Gasteiger partial charge in [0.1, 0.15) is 0 Å². The molecule has 3 aromatic heterocycles. The largest absolute Gasteiger partial charge is 0.309 e. The Morgan fingerprint density at radius 2 is 0.700 bits per heavy atom. The molecule has 0 bridgehead atoms. The van der Waals surface area contributed by atoms with E-state index in [2.05, 4.69) is 149 Å². The molecule has 0 amide bonds. The van der Waals surface area contributed by atoms with E-state index in [4.69, 9.17) is 9.97 Å². The smallest absolute Gasteiger partial charge is 0.160 e. The van der Waals surface area contributed by atoms with Gasteiger partial charge in [0.2, 0.25) is 0 Å². The first-order valence-electron chi connectivity index (χ1n) is 22.6. The van der Waals surface area contributed by atoms with Crippen LogP contribution in [0.15, 0.2) is 206 Å². The monoisotopic (exact) mass is 890 g/mol. The van der Waals surface area contributed by atoms with Crippen molar-refractivity contribution in [2.45, 2.75) is 0 Å². The summed E-state index contributed by atoms with van der Waals surface area (Å²) < 4.78 is 4.54. The Balaban J connectivity index is 0.841. The summed E-state index contributed by atoms with van der Waals surface area (Å²) in [6, 6.07) is 77.8. The number of para-hydroxylation sites is 1. The van der Waals surface area contributed by atoms with E-state index in [1.165, 1.54) is 0 Å². The van der Waals surface area contributed by atoms with Crippen LogP contribution in [0.3, 0.4) is 0 Å². The summed E-state index contributed by atoms with van der Waals surface area (Å²) >= 11 is 0. The van der Waals surface area contributed by atoms with Crippen molar-refractivity contribution in [2.24, 2.45) is 0 Å². The van der Waals surface area contributed by atoms with E-state index in [1.54, 1.807) is 18.2 Å². The molecule has 12 rings (SSSR count). The minimum atomic E-state index is 0.496. The Bertz CT molecular complexity index is 4120. The van der Waals surface area contributed by atoms with Crippen LogP contribution in [0.4, 0.5) is 0 Å². The first-order chi connectivity index (χ1) is 34.5. The van der Waals surface area contributed by atoms with Crippen molar-refractivity contribution in [1.82, 2.24) is 19.1 Å². The molecular weight excluding hydrogens is 857 g/mol. The number of nitrogens with zero attached hydrogens (tertiary/aromatic N) is 8. The average molecular weight is 891 g/mol. The third-order valence-electron chi connectivity index (χ3n) is 13.1. The summed E-state index contributed by atoms with van der Waals surface area (Å²) in [4.78, 5) is 9.83. The van der Waals surface area contributed by atoms with Gasteiger partial charge in [-0.1, -0.05) is 103 Å². The number of nitriles is 4. The lowest BCUT2D eigenvalue weighted by molar-refractivity contribution is 1.16. The highest BCUT2D eigenvalue weighted by Crippen LogP contribution is 2.38. The molecule has 8 nitrogen and oxygen atoms in total. The van der Waals surface area contributed by atoms with Gasteiger partial charge in [-0.3, -0.25) is 0 Å². The standard InChI is InChI=1S/C62H34N8/c63-35-39-5-3-7-48(29-39)57-34-56(67-62(68-57)49-8-4-6-40(30-49)36-64)47-19-17-45(18-20-47)43-13-15-44(16-14-43)46-21-23-50(24-22-46)69-58-10-2-1-9-52(58)55-33-51(25-28-61(55)69)70-59-26-11-41(37-65)31-53(59)54-32-42(38-66)12-27-60(54)70/h1-34H. The van der Waals surface area contributed by atoms with Crippen molar-refractivity contribution in [3.05, 3.63) is 229 Å². The highest BCUT2D eigenvalue weighted by Gasteiger charge is 2.18. The molecule has 0 aliphatic rings. The molecule has 0 fully saturated rings. The van der Waals surface area contributed by atoms with Gasteiger partial charge in [0.05, 0.1) is 80.0 Å². The molecule has 0 N–H and O–H groups in total. The number of fused-ring (bicyclic) bond motifs is 6. The molecule has 0 saturated heterocycles. The van der Waals surface area contributed by atoms with Crippen LogP contribution in [0.2, 0.25) is 0 Å². The maximum atomic E-state index is 9.72. The summed E-state index contributed by atoms with van der Waals surface area (Å²) in [5, 5.41) is 42.7. The molecule has 0 unspecified atom stereocenters. The topological polar surface area (TPSA) is 131 Å². The fourth-order valence-electron chi connectivity index (χ4n) is 9.66. The highest BCUT2D eigenvalue weighted by molar-refractivity contribution is 6.12. The molecule has 0 saturated carbocycles. The van der Waals surface area contributed by atoms with Crippen LogP contribution >= 0.6 is 0 Å². The number of hydrogen-bond acceptors (Lipinski definition) is 6. The summed E-state index contributed by atoms with van der Waals surface area (Å²) in [7, 11) is 0. The fraction of sp³-hybridized carbons (Fsp3) is 0. The summed E-state index contributed by atoms with van der Waals surface area (Å²) in [6.45, 7) is 0. The van der Waals surface area contributed by atoms with Crippen LogP contribution in [0.25, 0.3) is 111 Å². The van der Waals surface area contributed by atoms with Crippen LogP contribution in [0.1, 0.15) is 22.3 Å². The maximum Gasteiger partial charge on any atom is 0.160 e. The van der Waals surface area contributed by atoms with E-state index in [9.17, 15) is 21.0 Å². The SMILES string of the molecule is N#Cc1cccc(-c2cc(-c3ccc(-c4ccc(-c5ccc(-n6c7ccccc7c7cc(-n8c9ccc(C#N)cc9c9cc(C#N)ccc98)ccc76)cc5)cc4)cc3)nc(-c3cccc(C#N)c3)n2)c1. The van der Waals surface area contributed by atoms with Gasteiger partial charge in [0.15, 0.2) is 5.82 Å². The second kappa shape index (κ2) is 16.8. The second-order valence-corrected chi connectivity index (χ2v) is 17.1. The molecule has 8 heteroatoms. The Morgan fingerprint density at radius 1 is 0.286 bits per heavy atom. The molecule has 0 radical (unpaired) electrons. The van der Waals surface area contributed by atoms with Crippen molar-refractivity contribution in [2.75, 3.05) is 0 Å². The van der Waals surface area contributed by atoms with E-state index >= 15 is 0 Å². The molecule has 0 spiro atoms. The molecule has 0 aliphatic heterocycles. The Hall–Kier alpha value is -10.4. The van der Waals surface area contributed by atoms with Crippen LogP contribution in [-0.2, 0) is 0 Å². The van der Waals surface area contributed by atoms with Gasteiger partial charge >= 0.3 is 0 Å². The van der Waals surface area contributed by atoms with Crippen LogP contribution in [0.5, 0.6) is 0 Å². The fourth-order valence-corrected chi connectivity index (χ4v) is 9.66. The minimum absolute atomic E-state index is 0.496. The number of aromatic nitrogens is 4. The zero-order valence-corrected chi connectivity index (χ0v) is 37.2. The van der Waals surface area contributed by atoms with Gasteiger partial charge in [0, 0.05) is 49.6 Å². The molecule has 0 aliphatic carbocycles. The average Bonchev–Trinajstić information content (AvgIpc) is 3.94. The zero-order chi connectivity index (χ0) is 47.3. The third kappa shape index (κ3) is 7.07. The zero-order valence-electron chi connectivity index (χ0n) is 37.2. The minimum Gasteiger partial charge on any atom is -0.309 e. The first-order valence-corrected chi connectivity index (χ1v) is 22.6. The maximum absolute atomic E-state index is 9.72. The first kappa shape index (κ1) is 41.1. The lowest BCUT2D eigenvalue weighted by atomic mass is 9.98. The van der Waals surface area contributed by atoms with Gasteiger partial charge in [-0.05, 0) is 125 Å². The predicted octanol–water partition coefficient (Wildman–Crippen LogP) is 14.5.